The molecule has 1 aromatic rings. The van der Waals surface area contributed by atoms with Crippen molar-refractivity contribution in [1.29, 1.82) is 0 Å². The summed E-state index contributed by atoms with van der Waals surface area (Å²) in [5.74, 6) is 0.0835. The third-order valence-corrected chi connectivity index (χ3v) is 3.32. The van der Waals surface area contributed by atoms with Crippen molar-refractivity contribution in [3.8, 4) is 0 Å². The standard InChI is InChI=1S/C14H21N3O/c15-13-7-3-2-6-12(13)8-9-14(18)16-17-10-4-1-5-11-17/h2-3,6-7H,1,4-5,8-11,15H2,(H,16,18). The summed E-state index contributed by atoms with van der Waals surface area (Å²) in [4.78, 5) is 11.8. The van der Waals surface area contributed by atoms with Crippen LogP contribution in [0.2, 0.25) is 0 Å². The summed E-state index contributed by atoms with van der Waals surface area (Å²) in [7, 11) is 0. The summed E-state index contributed by atoms with van der Waals surface area (Å²) in [6.45, 7) is 1.94. The number of nitrogen functional groups attached to an aromatic ring is 1. The van der Waals surface area contributed by atoms with Crippen molar-refractivity contribution in [2.45, 2.75) is 32.1 Å². The molecule has 1 aliphatic rings. The zero-order valence-corrected chi connectivity index (χ0v) is 10.7. The lowest BCUT2D eigenvalue weighted by Gasteiger charge is -2.26. The fraction of sp³-hybridized carbons (Fsp3) is 0.500. The molecule has 2 rings (SSSR count). The first kappa shape index (κ1) is 12.9. The number of benzene rings is 1. The first-order valence-electron chi connectivity index (χ1n) is 6.63. The van der Waals surface area contributed by atoms with E-state index in [-0.39, 0.29) is 5.91 Å². The van der Waals surface area contributed by atoms with E-state index in [2.05, 4.69) is 5.43 Å². The number of carbonyl (C=O) groups excluding carboxylic acids is 1. The van der Waals surface area contributed by atoms with E-state index in [1.165, 1.54) is 19.3 Å². The summed E-state index contributed by atoms with van der Waals surface area (Å²) >= 11 is 0. The topological polar surface area (TPSA) is 58.4 Å². The smallest absolute Gasteiger partial charge is 0.234 e. The number of piperidine rings is 1. The zero-order chi connectivity index (χ0) is 12.8. The number of nitrogens with zero attached hydrogens (tertiary/aromatic N) is 1. The fourth-order valence-electron chi connectivity index (χ4n) is 2.25. The van der Waals surface area contributed by atoms with Gasteiger partial charge in [-0.25, -0.2) is 5.01 Å². The lowest BCUT2D eigenvalue weighted by atomic mass is 10.1. The Hall–Kier alpha value is -1.55. The number of aryl methyl sites for hydroxylation is 1. The Labute approximate surface area is 108 Å². The van der Waals surface area contributed by atoms with Crippen molar-refractivity contribution < 1.29 is 4.79 Å². The molecule has 1 amide bonds. The number of carbonyl (C=O) groups is 1. The van der Waals surface area contributed by atoms with E-state index in [1.54, 1.807) is 0 Å². The molecule has 98 valence electrons. The van der Waals surface area contributed by atoms with E-state index in [4.69, 9.17) is 5.73 Å². The summed E-state index contributed by atoms with van der Waals surface area (Å²) < 4.78 is 0. The van der Waals surface area contributed by atoms with Gasteiger partial charge in [-0.15, -0.1) is 0 Å². The zero-order valence-electron chi connectivity index (χ0n) is 10.7. The third kappa shape index (κ3) is 3.74. The first-order valence-corrected chi connectivity index (χ1v) is 6.63. The largest absolute Gasteiger partial charge is 0.399 e. The molecular formula is C14H21N3O. The van der Waals surface area contributed by atoms with E-state index < -0.39 is 0 Å². The first-order chi connectivity index (χ1) is 8.75. The quantitative estimate of drug-likeness (QED) is 0.796. The molecule has 0 saturated carbocycles. The Bertz CT molecular complexity index is 400. The highest BCUT2D eigenvalue weighted by molar-refractivity contribution is 5.75. The molecular weight excluding hydrogens is 226 g/mol. The van der Waals surface area contributed by atoms with Crippen molar-refractivity contribution in [3.05, 3.63) is 29.8 Å². The van der Waals surface area contributed by atoms with Gasteiger partial charge in [-0.2, -0.15) is 0 Å². The molecule has 3 N–H and O–H groups in total. The number of nitrogens with two attached hydrogens (primary N) is 1. The van der Waals surface area contributed by atoms with Crippen LogP contribution in [0.5, 0.6) is 0 Å². The molecule has 0 radical (unpaired) electrons. The van der Waals surface area contributed by atoms with Crippen molar-refractivity contribution >= 4 is 11.6 Å². The second-order valence-corrected chi connectivity index (χ2v) is 4.78. The number of hydrazine groups is 1. The van der Waals surface area contributed by atoms with Crippen LogP contribution in [0, 0.1) is 0 Å². The molecule has 0 bridgehead atoms. The summed E-state index contributed by atoms with van der Waals surface area (Å²) in [6.07, 6.45) is 4.81. The Morgan fingerprint density at radius 1 is 1.22 bits per heavy atom. The molecule has 1 fully saturated rings. The molecule has 1 aliphatic heterocycles. The van der Waals surface area contributed by atoms with Crippen molar-refractivity contribution in [3.63, 3.8) is 0 Å². The van der Waals surface area contributed by atoms with Gasteiger partial charge in [0.05, 0.1) is 0 Å². The second kappa shape index (κ2) is 6.40. The van der Waals surface area contributed by atoms with E-state index in [1.807, 2.05) is 29.3 Å². The van der Waals surface area contributed by atoms with Gasteiger partial charge in [0.25, 0.3) is 0 Å². The minimum absolute atomic E-state index is 0.0835. The molecule has 18 heavy (non-hydrogen) atoms. The average Bonchev–Trinajstić information content (AvgIpc) is 2.39. The van der Waals surface area contributed by atoms with Crippen LogP contribution in [-0.4, -0.2) is 24.0 Å². The van der Waals surface area contributed by atoms with Gasteiger partial charge >= 0.3 is 0 Å². The van der Waals surface area contributed by atoms with Gasteiger partial charge in [0.2, 0.25) is 5.91 Å². The van der Waals surface area contributed by atoms with Crippen LogP contribution >= 0.6 is 0 Å². The van der Waals surface area contributed by atoms with Crippen LogP contribution in [-0.2, 0) is 11.2 Å². The highest BCUT2D eigenvalue weighted by Crippen LogP contribution is 2.12. The van der Waals surface area contributed by atoms with Gasteiger partial charge in [-0.1, -0.05) is 24.6 Å². The number of amides is 1. The van der Waals surface area contributed by atoms with Gasteiger partial charge in [0.15, 0.2) is 0 Å². The Balaban J connectivity index is 1.76. The average molecular weight is 247 g/mol. The van der Waals surface area contributed by atoms with Gasteiger partial charge in [0, 0.05) is 25.2 Å². The minimum Gasteiger partial charge on any atom is -0.399 e. The maximum atomic E-state index is 11.8. The molecule has 1 saturated heterocycles. The maximum Gasteiger partial charge on any atom is 0.234 e. The Morgan fingerprint density at radius 3 is 2.67 bits per heavy atom. The number of anilines is 1. The maximum absolute atomic E-state index is 11.8. The number of nitrogens with one attached hydrogen (secondary N) is 1. The predicted octanol–water partition coefficient (Wildman–Crippen LogP) is 1.72. The van der Waals surface area contributed by atoms with Crippen LogP contribution in [0.4, 0.5) is 5.69 Å². The number of hydrogen-bond acceptors (Lipinski definition) is 3. The Morgan fingerprint density at radius 2 is 1.94 bits per heavy atom. The van der Waals surface area contributed by atoms with E-state index >= 15 is 0 Å². The molecule has 1 heterocycles. The monoisotopic (exact) mass is 247 g/mol. The van der Waals surface area contributed by atoms with Gasteiger partial charge in [0.1, 0.15) is 0 Å². The minimum atomic E-state index is 0.0835. The Kier molecular flexibility index (Phi) is 4.59. The normalized spacial score (nSPS) is 16.4. The number of para-hydroxylation sites is 1. The molecule has 0 aliphatic carbocycles. The summed E-state index contributed by atoms with van der Waals surface area (Å²) in [5.41, 5.74) is 10.6. The lowest BCUT2D eigenvalue weighted by molar-refractivity contribution is -0.126. The molecule has 4 nitrogen and oxygen atoms in total. The van der Waals surface area contributed by atoms with Crippen LogP contribution in [0.25, 0.3) is 0 Å². The predicted molar refractivity (Wildman–Crippen MR) is 72.7 cm³/mol. The van der Waals surface area contributed by atoms with Crippen molar-refractivity contribution in [2.75, 3.05) is 18.8 Å². The highest BCUT2D eigenvalue weighted by Gasteiger charge is 2.12. The molecule has 0 spiro atoms. The molecule has 0 unspecified atom stereocenters. The second-order valence-electron chi connectivity index (χ2n) is 4.78. The van der Waals surface area contributed by atoms with Crippen LogP contribution in [0.1, 0.15) is 31.2 Å². The van der Waals surface area contributed by atoms with Crippen molar-refractivity contribution in [2.24, 2.45) is 0 Å². The SMILES string of the molecule is Nc1ccccc1CCC(=O)NN1CCCCC1. The molecule has 1 aromatic carbocycles. The highest BCUT2D eigenvalue weighted by atomic mass is 16.2. The van der Waals surface area contributed by atoms with E-state index in [0.717, 1.165) is 24.3 Å². The van der Waals surface area contributed by atoms with E-state index in [0.29, 0.717) is 12.8 Å². The summed E-state index contributed by atoms with van der Waals surface area (Å²) in [6, 6.07) is 7.71. The molecule has 0 atom stereocenters. The van der Waals surface area contributed by atoms with Gasteiger partial charge in [-0.05, 0) is 30.9 Å². The van der Waals surface area contributed by atoms with Gasteiger partial charge in [-0.3, -0.25) is 10.2 Å². The number of hydrogen-bond donors (Lipinski definition) is 2. The summed E-state index contributed by atoms with van der Waals surface area (Å²) in [5, 5.41) is 2.03. The van der Waals surface area contributed by atoms with Crippen molar-refractivity contribution in [1.82, 2.24) is 10.4 Å². The molecule has 4 heteroatoms. The molecule has 0 aromatic heterocycles. The third-order valence-electron chi connectivity index (χ3n) is 3.32. The van der Waals surface area contributed by atoms with Crippen LogP contribution in [0.15, 0.2) is 24.3 Å². The fourth-order valence-corrected chi connectivity index (χ4v) is 2.25. The number of rotatable bonds is 4. The van der Waals surface area contributed by atoms with Crippen LogP contribution < -0.4 is 11.2 Å². The van der Waals surface area contributed by atoms with Crippen LogP contribution in [0.3, 0.4) is 0 Å². The van der Waals surface area contributed by atoms with Gasteiger partial charge < -0.3 is 5.73 Å². The van der Waals surface area contributed by atoms with E-state index in [9.17, 15) is 4.79 Å². The lowest BCUT2D eigenvalue weighted by Crippen LogP contribution is -2.45.